The number of benzene rings is 4. The van der Waals surface area contributed by atoms with E-state index in [1.807, 2.05) is 72.8 Å². The molecular weight excluding hydrogens is 568 g/mol. The molecule has 232 valence electrons. The lowest BCUT2D eigenvalue weighted by Crippen LogP contribution is -2.16. The summed E-state index contributed by atoms with van der Waals surface area (Å²) in [6, 6.07) is 29.9. The summed E-state index contributed by atoms with van der Waals surface area (Å²) in [5.41, 5.74) is 4.79. The van der Waals surface area contributed by atoms with Crippen LogP contribution in [0.1, 0.15) is 57.5 Å². The molecule has 2 aliphatic rings. The molecular formula is C37H38N2O6. The van der Waals surface area contributed by atoms with E-state index >= 15 is 0 Å². The van der Waals surface area contributed by atoms with Crippen LogP contribution in [0.5, 0.6) is 11.5 Å². The van der Waals surface area contributed by atoms with Gasteiger partial charge in [-0.05, 0) is 116 Å². The molecule has 2 fully saturated rings. The molecule has 2 unspecified atom stereocenters. The molecule has 6 rings (SSSR count). The summed E-state index contributed by atoms with van der Waals surface area (Å²) in [7, 11) is 0. The van der Waals surface area contributed by atoms with Crippen molar-refractivity contribution in [3.8, 4) is 11.5 Å². The molecule has 8 heteroatoms. The summed E-state index contributed by atoms with van der Waals surface area (Å²) in [6.45, 7) is 2.66. The van der Waals surface area contributed by atoms with E-state index in [0.29, 0.717) is 24.3 Å². The van der Waals surface area contributed by atoms with Crippen LogP contribution in [0.4, 0.5) is 11.4 Å². The minimum absolute atomic E-state index is 0.154. The van der Waals surface area contributed by atoms with Crippen LogP contribution in [0.25, 0.3) is 0 Å². The average Bonchev–Trinajstić information content (AvgIpc) is 3.80. The molecule has 2 atom stereocenters. The second kappa shape index (κ2) is 14.9. The Kier molecular flexibility index (Phi) is 10.0. The molecule has 2 saturated heterocycles. The first-order valence-electron chi connectivity index (χ1n) is 15.6. The minimum atomic E-state index is -0.176. The van der Waals surface area contributed by atoms with Gasteiger partial charge in [0.2, 0.25) is 0 Å². The fourth-order valence-electron chi connectivity index (χ4n) is 5.39. The zero-order valence-corrected chi connectivity index (χ0v) is 25.2. The minimum Gasteiger partial charge on any atom is -0.491 e. The highest BCUT2D eigenvalue weighted by molar-refractivity contribution is 6.05. The van der Waals surface area contributed by atoms with E-state index < -0.39 is 0 Å². The normalized spacial score (nSPS) is 17.5. The number of ether oxygens (including phenoxy) is 4. The predicted octanol–water partition coefficient (Wildman–Crippen LogP) is 6.90. The fourth-order valence-corrected chi connectivity index (χ4v) is 5.39. The van der Waals surface area contributed by atoms with Crippen molar-refractivity contribution in [3.05, 3.63) is 119 Å². The van der Waals surface area contributed by atoms with Crippen molar-refractivity contribution in [2.75, 3.05) is 37.1 Å². The van der Waals surface area contributed by atoms with Crippen LogP contribution in [0, 0.1) is 0 Å². The first kappa shape index (κ1) is 30.4. The Bertz CT molecular complexity index is 1420. The van der Waals surface area contributed by atoms with Crippen LogP contribution in [-0.2, 0) is 15.9 Å². The maximum absolute atomic E-state index is 12.7. The van der Waals surface area contributed by atoms with Crippen molar-refractivity contribution in [2.45, 2.75) is 44.3 Å². The van der Waals surface area contributed by atoms with Crippen LogP contribution < -0.4 is 20.1 Å². The second-order valence-corrected chi connectivity index (χ2v) is 11.4. The van der Waals surface area contributed by atoms with Gasteiger partial charge in [-0.15, -0.1) is 0 Å². The highest BCUT2D eigenvalue weighted by Crippen LogP contribution is 2.21. The number of anilines is 2. The van der Waals surface area contributed by atoms with Crippen LogP contribution in [0.3, 0.4) is 0 Å². The number of rotatable bonds is 12. The molecule has 2 heterocycles. The smallest absolute Gasteiger partial charge is 0.255 e. The Hall–Kier alpha value is -4.66. The van der Waals surface area contributed by atoms with Gasteiger partial charge < -0.3 is 29.6 Å². The molecule has 0 aromatic heterocycles. The zero-order chi connectivity index (χ0) is 30.8. The maximum Gasteiger partial charge on any atom is 0.255 e. The van der Waals surface area contributed by atoms with Crippen LogP contribution in [0.15, 0.2) is 97.1 Å². The number of hydrogen-bond acceptors (Lipinski definition) is 6. The van der Waals surface area contributed by atoms with Gasteiger partial charge in [-0.25, -0.2) is 0 Å². The van der Waals surface area contributed by atoms with Crippen LogP contribution in [-0.4, -0.2) is 50.4 Å². The van der Waals surface area contributed by atoms with Crippen molar-refractivity contribution in [3.63, 3.8) is 0 Å². The van der Waals surface area contributed by atoms with Gasteiger partial charge >= 0.3 is 0 Å². The summed E-state index contributed by atoms with van der Waals surface area (Å²) in [4.78, 5) is 25.5. The lowest BCUT2D eigenvalue weighted by molar-refractivity contribution is 0.0679. The summed E-state index contributed by atoms with van der Waals surface area (Å²) in [6.07, 6.45) is 5.23. The molecule has 4 aromatic rings. The first-order chi connectivity index (χ1) is 22.1. The van der Waals surface area contributed by atoms with Crippen molar-refractivity contribution >= 4 is 23.2 Å². The first-order valence-corrected chi connectivity index (χ1v) is 15.6. The van der Waals surface area contributed by atoms with E-state index in [9.17, 15) is 9.59 Å². The van der Waals surface area contributed by atoms with Crippen LogP contribution >= 0.6 is 0 Å². The third-order valence-corrected chi connectivity index (χ3v) is 7.98. The SMILES string of the molecule is O=C(Nc1ccc(Cc2ccc(NC(=O)c3ccc(OCC4CCCO4)cc3)cc2)cc1)c1ccc(OCC2CCCO2)cc1. The van der Waals surface area contributed by atoms with Gasteiger partial charge in [-0.2, -0.15) is 0 Å². The third-order valence-electron chi connectivity index (χ3n) is 7.98. The zero-order valence-electron chi connectivity index (χ0n) is 25.2. The molecule has 0 spiro atoms. The molecule has 2 aliphatic heterocycles. The molecule has 4 aromatic carbocycles. The number of nitrogens with one attached hydrogen (secondary N) is 2. The van der Waals surface area contributed by atoms with E-state index in [2.05, 4.69) is 10.6 Å². The number of carbonyl (C=O) groups is 2. The summed E-state index contributed by atoms with van der Waals surface area (Å²) < 4.78 is 22.7. The molecule has 45 heavy (non-hydrogen) atoms. The Morgan fingerprint density at radius 3 is 1.33 bits per heavy atom. The Labute approximate surface area is 263 Å². The predicted molar refractivity (Wildman–Crippen MR) is 173 cm³/mol. The summed E-state index contributed by atoms with van der Waals surface area (Å²) in [5, 5.41) is 5.91. The lowest BCUT2D eigenvalue weighted by atomic mass is 10.0. The maximum atomic E-state index is 12.7. The van der Waals surface area contributed by atoms with E-state index in [-0.39, 0.29) is 24.0 Å². The van der Waals surface area contributed by atoms with Crippen LogP contribution in [0.2, 0.25) is 0 Å². The number of amides is 2. The van der Waals surface area contributed by atoms with Gasteiger partial charge in [0.15, 0.2) is 0 Å². The molecule has 0 aliphatic carbocycles. The van der Waals surface area contributed by atoms with Crippen molar-refractivity contribution in [1.29, 1.82) is 0 Å². The molecule has 0 radical (unpaired) electrons. The fraction of sp³-hybridized carbons (Fsp3) is 0.297. The largest absolute Gasteiger partial charge is 0.491 e. The molecule has 8 nitrogen and oxygen atoms in total. The van der Waals surface area contributed by atoms with Gasteiger partial charge in [-0.3, -0.25) is 9.59 Å². The lowest BCUT2D eigenvalue weighted by Gasteiger charge is -2.12. The van der Waals surface area contributed by atoms with E-state index in [4.69, 9.17) is 18.9 Å². The van der Waals surface area contributed by atoms with Gasteiger partial charge in [0.25, 0.3) is 11.8 Å². The Morgan fingerprint density at radius 2 is 0.978 bits per heavy atom. The van der Waals surface area contributed by atoms with E-state index in [1.54, 1.807) is 24.3 Å². The average molecular weight is 607 g/mol. The second-order valence-electron chi connectivity index (χ2n) is 11.4. The van der Waals surface area contributed by atoms with E-state index in [1.165, 1.54) is 0 Å². The topological polar surface area (TPSA) is 95.1 Å². The van der Waals surface area contributed by atoms with Gasteiger partial charge in [0.1, 0.15) is 24.7 Å². The summed E-state index contributed by atoms with van der Waals surface area (Å²) in [5.74, 6) is 1.10. The standard InChI is InChI=1S/C37H38N2O6/c40-36(28-9-17-32(18-10-28)44-24-34-3-1-21-42-34)38-30-13-5-26(6-14-30)23-27-7-15-31(16-8-27)39-37(41)29-11-19-33(20-12-29)45-25-35-4-2-22-43-35/h5-20,34-35H,1-4,21-25H2,(H,38,40)(H,39,41). The Balaban J connectivity index is 0.945. The van der Waals surface area contributed by atoms with Gasteiger partial charge in [0, 0.05) is 35.7 Å². The molecule has 2 N–H and O–H groups in total. The van der Waals surface area contributed by atoms with Crippen molar-refractivity contribution < 1.29 is 28.5 Å². The Morgan fingerprint density at radius 1 is 0.578 bits per heavy atom. The van der Waals surface area contributed by atoms with Crippen molar-refractivity contribution in [1.82, 2.24) is 0 Å². The highest BCUT2D eigenvalue weighted by Gasteiger charge is 2.17. The third kappa shape index (κ3) is 8.71. The number of carbonyl (C=O) groups excluding carboxylic acids is 2. The molecule has 2 amide bonds. The molecule has 0 saturated carbocycles. The quantitative estimate of drug-likeness (QED) is 0.182. The van der Waals surface area contributed by atoms with Gasteiger partial charge in [0.05, 0.1) is 12.2 Å². The monoisotopic (exact) mass is 606 g/mol. The van der Waals surface area contributed by atoms with Crippen molar-refractivity contribution in [2.24, 2.45) is 0 Å². The van der Waals surface area contributed by atoms with E-state index in [0.717, 1.165) is 79.3 Å². The number of hydrogen-bond donors (Lipinski definition) is 2. The highest BCUT2D eigenvalue weighted by atomic mass is 16.5. The summed E-state index contributed by atoms with van der Waals surface area (Å²) >= 11 is 0. The molecule has 0 bridgehead atoms. The van der Waals surface area contributed by atoms with Gasteiger partial charge in [-0.1, -0.05) is 24.3 Å².